The second-order valence-electron chi connectivity index (χ2n) is 5.33. The number of halogens is 1. The van der Waals surface area contributed by atoms with Crippen LogP contribution >= 0.6 is 11.6 Å². The molecular formula is C16H24ClN3O. The minimum atomic E-state index is 0.244. The quantitative estimate of drug-likeness (QED) is 0.499. The Labute approximate surface area is 131 Å². The van der Waals surface area contributed by atoms with Crippen molar-refractivity contribution in [2.45, 2.75) is 25.7 Å². The summed E-state index contributed by atoms with van der Waals surface area (Å²) >= 11 is 5.60. The monoisotopic (exact) mass is 309 g/mol. The molecule has 0 radical (unpaired) electrons. The second-order valence-corrected chi connectivity index (χ2v) is 5.60. The fourth-order valence-corrected chi connectivity index (χ4v) is 2.52. The van der Waals surface area contributed by atoms with Crippen molar-refractivity contribution in [3.63, 3.8) is 0 Å². The van der Waals surface area contributed by atoms with Crippen LogP contribution < -0.4 is 10.5 Å². The number of aliphatic imine (C=N–C) groups is 1. The van der Waals surface area contributed by atoms with Gasteiger partial charge in [0.2, 0.25) is 0 Å². The highest BCUT2D eigenvalue weighted by Crippen LogP contribution is 2.18. The fourth-order valence-electron chi connectivity index (χ4n) is 2.46. The smallest absolute Gasteiger partial charge is 0.119 e. The molecule has 0 unspecified atom stereocenters. The summed E-state index contributed by atoms with van der Waals surface area (Å²) in [5.74, 6) is 1.54. The van der Waals surface area contributed by atoms with Gasteiger partial charge in [-0.1, -0.05) is 12.8 Å². The van der Waals surface area contributed by atoms with Crippen molar-refractivity contribution in [3.05, 3.63) is 24.3 Å². The van der Waals surface area contributed by atoms with Crippen LogP contribution in [0.5, 0.6) is 5.75 Å². The van der Waals surface area contributed by atoms with Gasteiger partial charge in [-0.3, -0.25) is 4.90 Å². The number of nitrogens with two attached hydrogens (primary N) is 1. The molecule has 1 fully saturated rings. The maximum atomic E-state index is 5.79. The molecule has 1 aromatic rings. The maximum absolute atomic E-state index is 5.79. The largest absolute Gasteiger partial charge is 0.492 e. The molecule has 1 saturated heterocycles. The van der Waals surface area contributed by atoms with Gasteiger partial charge in [-0.25, -0.2) is 4.99 Å². The van der Waals surface area contributed by atoms with Gasteiger partial charge in [0.05, 0.1) is 11.6 Å². The molecule has 4 nitrogen and oxygen atoms in total. The third-order valence-electron chi connectivity index (χ3n) is 3.62. The zero-order valence-corrected chi connectivity index (χ0v) is 13.2. The number of likely N-dealkylation sites (tertiary alicyclic amines) is 1. The standard InChI is InChI=1S/C16H24ClN3O/c17-13-16(18)19-14-5-7-15(8-6-14)21-12-11-20-9-3-1-2-4-10-20/h5-8H,1-4,9-13H2,(H2,18,19). The van der Waals surface area contributed by atoms with Gasteiger partial charge in [0, 0.05) is 6.54 Å². The predicted octanol–water partition coefficient (Wildman–Crippen LogP) is 3.17. The van der Waals surface area contributed by atoms with Crippen molar-refractivity contribution in [1.82, 2.24) is 4.90 Å². The Morgan fingerprint density at radius 2 is 1.81 bits per heavy atom. The molecule has 0 aliphatic carbocycles. The van der Waals surface area contributed by atoms with Crippen molar-refractivity contribution < 1.29 is 4.74 Å². The summed E-state index contributed by atoms with van der Waals surface area (Å²) in [7, 11) is 0. The van der Waals surface area contributed by atoms with Crippen LogP contribution in [0, 0.1) is 0 Å². The van der Waals surface area contributed by atoms with Crippen LogP contribution in [-0.2, 0) is 0 Å². The van der Waals surface area contributed by atoms with Crippen LogP contribution in [0.4, 0.5) is 5.69 Å². The minimum absolute atomic E-state index is 0.244. The molecule has 0 amide bonds. The summed E-state index contributed by atoms with van der Waals surface area (Å²) in [6, 6.07) is 7.62. The summed E-state index contributed by atoms with van der Waals surface area (Å²) in [5, 5.41) is 0. The molecule has 1 aliphatic rings. The van der Waals surface area contributed by atoms with E-state index in [1.807, 2.05) is 24.3 Å². The molecule has 21 heavy (non-hydrogen) atoms. The Morgan fingerprint density at radius 1 is 1.14 bits per heavy atom. The topological polar surface area (TPSA) is 50.9 Å². The van der Waals surface area contributed by atoms with Gasteiger partial charge in [-0.15, -0.1) is 11.6 Å². The van der Waals surface area contributed by atoms with Crippen LogP contribution in [0.25, 0.3) is 0 Å². The van der Waals surface area contributed by atoms with Gasteiger partial charge >= 0.3 is 0 Å². The van der Waals surface area contributed by atoms with E-state index in [1.165, 1.54) is 38.8 Å². The van der Waals surface area contributed by atoms with Gasteiger partial charge in [0.25, 0.3) is 0 Å². The Bertz CT molecular complexity index is 439. The summed E-state index contributed by atoms with van der Waals surface area (Å²) in [4.78, 5) is 6.67. The number of rotatable bonds is 6. The first-order valence-corrected chi connectivity index (χ1v) is 8.15. The zero-order chi connectivity index (χ0) is 14.9. The van der Waals surface area contributed by atoms with Gasteiger partial charge in [0.1, 0.15) is 18.2 Å². The Balaban J connectivity index is 1.75. The van der Waals surface area contributed by atoms with Gasteiger partial charge in [0.15, 0.2) is 0 Å². The van der Waals surface area contributed by atoms with Crippen LogP contribution in [-0.4, -0.2) is 42.9 Å². The number of nitrogens with zero attached hydrogens (tertiary/aromatic N) is 2. The van der Waals surface area contributed by atoms with E-state index in [-0.39, 0.29) is 5.88 Å². The average molecular weight is 310 g/mol. The molecule has 1 aliphatic heterocycles. The maximum Gasteiger partial charge on any atom is 0.119 e. The lowest BCUT2D eigenvalue weighted by Crippen LogP contribution is -2.29. The molecule has 0 aromatic heterocycles. The molecule has 0 saturated carbocycles. The van der Waals surface area contributed by atoms with E-state index in [2.05, 4.69) is 9.89 Å². The van der Waals surface area contributed by atoms with Crippen molar-refractivity contribution >= 4 is 23.1 Å². The molecule has 1 aromatic carbocycles. The van der Waals surface area contributed by atoms with Crippen molar-refractivity contribution in [2.75, 3.05) is 32.1 Å². The van der Waals surface area contributed by atoms with E-state index >= 15 is 0 Å². The number of amidine groups is 1. The van der Waals surface area contributed by atoms with Crippen LogP contribution in [0.3, 0.4) is 0 Å². The Hall–Kier alpha value is -1.26. The van der Waals surface area contributed by atoms with Crippen molar-refractivity contribution in [2.24, 2.45) is 10.7 Å². The van der Waals surface area contributed by atoms with Crippen molar-refractivity contribution in [1.29, 1.82) is 0 Å². The van der Waals surface area contributed by atoms with E-state index in [1.54, 1.807) is 0 Å². The first kappa shape index (κ1) is 16.1. The second kappa shape index (κ2) is 8.90. The number of alkyl halides is 1. The van der Waals surface area contributed by atoms with E-state index < -0.39 is 0 Å². The molecule has 2 N–H and O–H groups in total. The zero-order valence-electron chi connectivity index (χ0n) is 12.4. The summed E-state index contributed by atoms with van der Waals surface area (Å²) in [6.07, 6.45) is 5.36. The predicted molar refractivity (Wildman–Crippen MR) is 88.8 cm³/mol. The number of ether oxygens (including phenoxy) is 1. The highest BCUT2D eigenvalue weighted by Gasteiger charge is 2.08. The van der Waals surface area contributed by atoms with Crippen LogP contribution in [0.2, 0.25) is 0 Å². The third-order valence-corrected chi connectivity index (χ3v) is 3.90. The van der Waals surface area contributed by atoms with Crippen LogP contribution in [0.15, 0.2) is 29.3 Å². The molecule has 0 atom stereocenters. The molecule has 0 spiro atoms. The lowest BCUT2D eigenvalue weighted by Gasteiger charge is -2.19. The number of benzene rings is 1. The lowest BCUT2D eigenvalue weighted by atomic mass is 10.2. The summed E-state index contributed by atoms with van der Waals surface area (Å²) in [5.41, 5.74) is 6.40. The van der Waals surface area contributed by atoms with Gasteiger partial charge < -0.3 is 10.5 Å². The normalized spacial score (nSPS) is 17.5. The van der Waals surface area contributed by atoms with E-state index in [9.17, 15) is 0 Å². The third kappa shape index (κ3) is 5.94. The summed E-state index contributed by atoms with van der Waals surface area (Å²) in [6.45, 7) is 4.13. The highest BCUT2D eigenvalue weighted by atomic mass is 35.5. The lowest BCUT2D eigenvalue weighted by molar-refractivity contribution is 0.214. The number of hydrogen-bond acceptors (Lipinski definition) is 3. The van der Waals surface area contributed by atoms with E-state index in [0.29, 0.717) is 5.84 Å². The van der Waals surface area contributed by atoms with Gasteiger partial charge in [-0.2, -0.15) is 0 Å². The Kier molecular flexibility index (Phi) is 6.83. The first-order valence-electron chi connectivity index (χ1n) is 7.62. The average Bonchev–Trinajstić information content (AvgIpc) is 2.78. The number of hydrogen-bond donors (Lipinski definition) is 1. The molecule has 5 heteroatoms. The van der Waals surface area contributed by atoms with E-state index in [0.717, 1.165) is 24.6 Å². The minimum Gasteiger partial charge on any atom is -0.492 e. The SMILES string of the molecule is NC(CCl)=Nc1ccc(OCCN2CCCCCC2)cc1. The first-order chi connectivity index (χ1) is 10.3. The van der Waals surface area contributed by atoms with Gasteiger partial charge in [-0.05, 0) is 50.2 Å². The molecular weight excluding hydrogens is 286 g/mol. The van der Waals surface area contributed by atoms with E-state index in [4.69, 9.17) is 22.1 Å². The molecule has 1 heterocycles. The fraction of sp³-hybridized carbons (Fsp3) is 0.562. The molecule has 2 rings (SSSR count). The molecule has 0 bridgehead atoms. The van der Waals surface area contributed by atoms with Crippen molar-refractivity contribution in [3.8, 4) is 5.75 Å². The molecule has 116 valence electrons. The highest BCUT2D eigenvalue weighted by molar-refractivity contribution is 6.28. The Morgan fingerprint density at radius 3 is 2.43 bits per heavy atom. The van der Waals surface area contributed by atoms with Crippen LogP contribution in [0.1, 0.15) is 25.7 Å². The summed E-state index contributed by atoms with van der Waals surface area (Å²) < 4.78 is 5.79.